The van der Waals surface area contributed by atoms with Crippen LogP contribution in [0.5, 0.6) is 0 Å². The second-order valence-electron chi connectivity index (χ2n) is 5.52. The number of carboxylic acids is 1. The van der Waals surface area contributed by atoms with Crippen LogP contribution in [0.4, 0.5) is 0 Å². The van der Waals surface area contributed by atoms with Crippen LogP contribution in [-0.4, -0.2) is 44.2 Å². The highest BCUT2D eigenvalue weighted by atomic mass is 32.2. The van der Waals surface area contributed by atoms with Gasteiger partial charge in [0.1, 0.15) is 0 Å². The number of aliphatic carboxylic acids is 1. The second kappa shape index (κ2) is 4.81. The van der Waals surface area contributed by atoms with Crippen molar-refractivity contribution in [3.63, 3.8) is 0 Å². The van der Waals surface area contributed by atoms with E-state index in [1.807, 2.05) is 0 Å². The molecular formula is C12H20O5S. The number of methoxy groups -OCH3 is 1. The van der Waals surface area contributed by atoms with Crippen molar-refractivity contribution < 1.29 is 23.1 Å². The van der Waals surface area contributed by atoms with Crippen molar-refractivity contribution in [3.8, 4) is 0 Å². The molecule has 0 bridgehead atoms. The summed E-state index contributed by atoms with van der Waals surface area (Å²) in [4.78, 5) is 11.6. The molecule has 1 N–H and O–H groups in total. The predicted octanol–water partition coefficient (Wildman–Crippen LogP) is 1.08. The van der Waals surface area contributed by atoms with Crippen molar-refractivity contribution in [2.45, 2.75) is 38.2 Å². The van der Waals surface area contributed by atoms with Crippen LogP contribution in [0, 0.1) is 11.3 Å². The molecule has 2 rings (SSSR count). The summed E-state index contributed by atoms with van der Waals surface area (Å²) < 4.78 is 28.6. The average molecular weight is 276 g/mol. The maximum atomic E-state index is 11.6. The summed E-state index contributed by atoms with van der Waals surface area (Å²) in [6.07, 6.45) is 3.64. The molecule has 6 heteroatoms. The van der Waals surface area contributed by atoms with E-state index in [9.17, 15) is 18.3 Å². The predicted molar refractivity (Wildman–Crippen MR) is 66.1 cm³/mol. The number of hydrogen-bond acceptors (Lipinski definition) is 4. The fraction of sp³-hybridized carbons (Fsp3) is 0.917. The lowest BCUT2D eigenvalue weighted by atomic mass is 9.68. The van der Waals surface area contributed by atoms with E-state index in [4.69, 9.17) is 4.74 Å². The topological polar surface area (TPSA) is 80.7 Å². The normalized spacial score (nSPS) is 39.6. The number of hydrogen-bond donors (Lipinski definition) is 1. The highest BCUT2D eigenvalue weighted by Gasteiger charge is 2.54. The van der Waals surface area contributed by atoms with Crippen molar-refractivity contribution in [2.75, 3.05) is 18.6 Å². The Morgan fingerprint density at radius 1 is 1.39 bits per heavy atom. The second-order valence-corrected chi connectivity index (χ2v) is 7.71. The Balaban J connectivity index is 2.23. The lowest BCUT2D eigenvalue weighted by Gasteiger charge is -2.38. The van der Waals surface area contributed by atoms with Crippen LogP contribution in [0.25, 0.3) is 0 Å². The first-order valence-corrected chi connectivity index (χ1v) is 8.18. The van der Waals surface area contributed by atoms with Gasteiger partial charge in [0.2, 0.25) is 0 Å². The van der Waals surface area contributed by atoms with Crippen LogP contribution in [0.15, 0.2) is 0 Å². The summed E-state index contributed by atoms with van der Waals surface area (Å²) in [5.74, 6) is -1.22. The van der Waals surface area contributed by atoms with E-state index in [0.717, 1.165) is 19.3 Å². The van der Waals surface area contributed by atoms with Gasteiger partial charge in [0, 0.05) is 7.11 Å². The minimum absolute atomic E-state index is 0.00739. The van der Waals surface area contributed by atoms with Crippen LogP contribution in [0.3, 0.4) is 0 Å². The molecule has 0 spiro atoms. The van der Waals surface area contributed by atoms with Crippen molar-refractivity contribution in [2.24, 2.45) is 11.3 Å². The quantitative estimate of drug-likeness (QED) is 0.834. The molecule has 5 nitrogen and oxygen atoms in total. The number of sulfone groups is 1. The summed E-state index contributed by atoms with van der Waals surface area (Å²) in [6, 6.07) is 0. The molecule has 3 unspecified atom stereocenters. The molecule has 0 radical (unpaired) electrons. The highest BCUT2D eigenvalue weighted by molar-refractivity contribution is 7.91. The molecule has 2 aliphatic rings. The maximum absolute atomic E-state index is 11.6. The molecule has 1 aliphatic heterocycles. The molecule has 1 aliphatic carbocycles. The lowest BCUT2D eigenvalue weighted by molar-refractivity contribution is -0.152. The Morgan fingerprint density at radius 3 is 2.61 bits per heavy atom. The van der Waals surface area contributed by atoms with Crippen LogP contribution < -0.4 is 0 Å². The maximum Gasteiger partial charge on any atom is 0.310 e. The Hall–Kier alpha value is -0.620. The summed E-state index contributed by atoms with van der Waals surface area (Å²) in [6.45, 7) is 0. The first kappa shape index (κ1) is 13.8. The number of carboxylic acid groups (broad SMARTS) is 1. The highest BCUT2D eigenvalue weighted by Crippen LogP contribution is 2.46. The van der Waals surface area contributed by atoms with Crippen LogP contribution >= 0.6 is 0 Å². The van der Waals surface area contributed by atoms with E-state index < -0.39 is 21.2 Å². The average Bonchev–Trinajstić information content (AvgIpc) is 2.67. The fourth-order valence-corrected chi connectivity index (χ4v) is 5.51. The van der Waals surface area contributed by atoms with Crippen molar-refractivity contribution in [1.29, 1.82) is 0 Å². The molecule has 0 aromatic heterocycles. The first-order valence-electron chi connectivity index (χ1n) is 6.36. The fourth-order valence-electron chi connectivity index (χ4n) is 3.40. The van der Waals surface area contributed by atoms with E-state index in [-0.39, 0.29) is 29.9 Å². The first-order chi connectivity index (χ1) is 8.39. The zero-order valence-corrected chi connectivity index (χ0v) is 11.4. The Bertz CT molecular complexity index is 430. The summed E-state index contributed by atoms with van der Waals surface area (Å²) >= 11 is 0. The molecule has 2 fully saturated rings. The van der Waals surface area contributed by atoms with E-state index in [1.165, 1.54) is 0 Å². The zero-order valence-electron chi connectivity index (χ0n) is 10.6. The van der Waals surface area contributed by atoms with Gasteiger partial charge < -0.3 is 9.84 Å². The molecule has 3 atom stereocenters. The minimum Gasteiger partial charge on any atom is -0.481 e. The Labute approximate surface area is 107 Å². The van der Waals surface area contributed by atoms with Gasteiger partial charge in [-0.2, -0.15) is 0 Å². The van der Waals surface area contributed by atoms with Crippen molar-refractivity contribution in [1.82, 2.24) is 0 Å². The van der Waals surface area contributed by atoms with Crippen LogP contribution in [0.1, 0.15) is 32.1 Å². The molecular weight excluding hydrogens is 256 g/mol. The van der Waals surface area contributed by atoms with E-state index >= 15 is 0 Å². The van der Waals surface area contributed by atoms with Gasteiger partial charge in [-0.1, -0.05) is 6.42 Å². The van der Waals surface area contributed by atoms with Gasteiger partial charge in [0.15, 0.2) is 9.84 Å². The molecule has 104 valence electrons. The minimum atomic E-state index is -3.19. The van der Waals surface area contributed by atoms with Gasteiger partial charge >= 0.3 is 5.97 Å². The number of rotatable bonds is 3. The third-order valence-electron chi connectivity index (χ3n) is 4.50. The van der Waals surface area contributed by atoms with E-state index in [2.05, 4.69) is 0 Å². The van der Waals surface area contributed by atoms with Crippen LogP contribution in [0.2, 0.25) is 0 Å². The van der Waals surface area contributed by atoms with Crippen molar-refractivity contribution >= 4 is 15.8 Å². The summed E-state index contributed by atoms with van der Waals surface area (Å²) in [5.41, 5.74) is -1.07. The zero-order chi connectivity index (χ0) is 13.4. The van der Waals surface area contributed by atoms with E-state index in [0.29, 0.717) is 6.42 Å². The third-order valence-corrected chi connectivity index (χ3v) is 6.28. The Kier molecular flexibility index (Phi) is 3.69. The standard InChI is InChI=1S/C12H20O5S/c1-17-10-4-2-3-9(7-10)12(11(13)14)5-6-18(15,16)8-12/h9-10H,2-8H2,1H3,(H,13,14). The molecule has 18 heavy (non-hydrogen) atoms. The van der Waals surface area contributed by atoms with E-state index in [1.54, 1.807) is 7.11 Å². The van der Waals surface area contributed by atoms with Crippen molar-refractivity contribution in [3.05, 3.63) is 0 Å². The molecule has 1 heterocycles. The number of carbonyl (C=O) groups is 1. The summed E-state index contributed by atoms with van der Waals surface area (Å²) in [7, 11) is -1.56. The molecule has 0 aromatic carbocycles. The van der Waals surface area contributed by atoms with Crippen LogP contribution in [-0.2, 0) is 19.4 Å². The molecule has 0 aromatic rings. The SMILES string of the molecule is COC1CCCC(C2(C(=O)O)CCS(=O)(=O)C2)C1. The summed E-state index contributed by atoms with van der Waals surface area (Å²) in [5, 5.41) is 9.50. The Morgan fingerprint density at radius 2 is 2.11 bits per heavy atom. The van der Waals surface area contributed by atoms with Gasteiger partial charge in [-0.05, 0) is 31.6 Å². The molecule has 0 amide bonds. The monoisotopic (exact) mass is 276 g/mol. The van der Waals surface area contributed by atoms with Gasteiger partial charge in [0.05, 0.1) is 23.0 Å². The van der Waals surface area contributed by atoms with Gasteiger partial charge in [-0.25, -0.2) is 8.42 Å². The van der Waals surface area contributed by atoms with Gasteiger partial charge in [-0.15, -0.1) is 0 Å². The van der Waals surface area contributed by atoms with Gasteiger partial charge in [0.25, 0.3) is 0 Å². The lowest BCUT2D eigenvalue weighted by Crippen LogP contribution is -2.43. The largest absolute Gasteiger partial charge is 0.481 e. The number of ether oxygens (including phenoxy) is 1. The smallest absolute Gasteiger partial charge is 0.310 e. The molecule has 1 saturated heterocycles. The molecule has 1 saturated carbocycles. The third kappa shape index (κ3) is 2.40. The van der Waals surface area contributed by atoms with Gasteiger partial charge in [-0.3, -0.25) is 4.79 Å².